The van der Waals surface area contributed by atoms with Crippen molar-refractivity contribution in [2.24, 2.45) is 0 Å². The predicted octanol–water partition coefficient (Wildman–Crippen LogP) is 3.93. The zero-order valence-electron chi connectivity index (χ0n) is 11.1. The monoisotopic (exact) mass is 341 g/mol. The second-order valence-electron chi connectivity index (χ2n) is 4.24. The van der Waals surface area contributed by atoms with Gasteiger partial charge in [0, 0.05) is 5.69 Å². The molecule has 0 saturated heterocycles. The van der Waals surface area contributed by atoms with Crippen LogP contribution in [0.15, 0.2) is 42.5 Å². The van der Waals surface area contributed by atoms with Gasteiger partial charge in [0.2, 0.25) is 0 Å². The summed E-state index contributed by atoms with van der Waals surface area (Å²) in [7, 11) is 0. The number of amides is 1. The van der Waals surface area contributed by atoms with Crippen molar-refractivity contribution in [2.75, 3.05) is 11.9 Å². The lowest BCUT2D eigenvalue weighted by Crippen LogP contribution is -2.21. The molecular weight excluding hydrogens is 332 g/mol. The van der Waals surface area contributed by atoms with Crippen molar-refractivity contribution < 1.29 is 18.7 Å². The number of hydrogen-bond donors (Lipinski definition) is 1. The fourth-order valence-electron chi connectivity index (χ4n) is 1.61. The highest BCUT2D eigenvalue weighted by molar-refractivity contribution is 6.36. The van der Waals surface area contributed by atoms with Crippen LogP contribution in [0.5, 0.6) is 0 Å². The number of rotatable bonds is 4. The van der Waals surface area contributed by atoms with Gasteiger partial charge in [0.15, 0.2) is 6.61 Å². The highest BCUT2D eigenvalue weighted by atomic mass is 35.5. The Morgan fingerprint density at radius 3 is 2.45 bits per heavy atom. The minimum absolute atomic E-state index is 0.0557. The maximum Gasteiger partial charge on any atom is 0.340 e. The van der Waals surface area contributed by atoms with Gasteiger partial charge in [0.1, 0.15) is 5.82 Å². The normalized spacial score (nSPS) is 10.1. The summed E-state index contributed by atoms with van der Waals surface area (Å²) in [6.45, 7) is -0.520. The molecule has 0 bridgehead atoms. The average Bonchev–Trinajstić information content (AvgIpc) is 2.49. The molecule has 1 amide bonds. The molecule has 1 N–H and O–H groups in total. The summed E-state index contributed by atoms with van der Waals surface area (Å²) in [6.07, 6.45) is 0. The molecule has 7 heteroatoms. The third kappa shape index (κ3) is 4.19. The Hall–Kier alpha value is -2.11. The summed E-state index contributed by atoms with van der Waals surface area (Å²) in [5.41, 5.74) is 0.371. The van der Waals surface area contributed by atoms with Gasteiger partial charge in [0.25, 0.3) is 5.91 Å². The number of para-hydroxylation sites is 1. The molecule has 0 spiro atoms. The maximum atomic E-state index is 13.3. The van der Waals surface area contributed by atoms with Crippen LogP contribution >= 0.6 is 23.2 Å². The van der Waals surface area contributed by atoms with Gasteiger partial charge in [0.05, 0.1) is 15.6 Å². The highest BCUT2D eigenvalue weighted by Gasteiger charge is 2.16. The molecule has 2 aromatic carbocycles. The second kappa shape index (κ2) is 7.24. The van der Waals surface area contributed by atoms with Crippen molar-refractivity contribution in [1.29, 1.82) is 0 Å². The number of carbonyl (C=O) groups is 2. The van der Waals surface area contributed by atoms with Gasteiger partial charge >= 0.3 is 5.97 Å². The number of hydrogen-bond acceptors (Lipinski definition) is 3. The molecule has 0 aliphatic heterocycles. The Labute approximate surface area is 135 Å². The smallest absolute Gasteiger partial charge is 0.340 e. The van der Waals surface area contributed by atoms with Crippen molar-refractivity contribution in [1.82, 2.24) is 0 Å². The van der Waals surface area contributed by atoms with Gasteiger partial charge in [-0.2, -0.15) is 0 Å². The Kier molecular flexibility index (Phi) is 5.35. The van der Waals surface area contributed by atoms with E-state index < -0.39 is 24.3 Å². The van der Waals surface area contributed by atoms with Gasteiger partial charge in [-0.05, 0) is 24.3 Å². The quantitative estimate of drug-likeness (QED) is 0.677. The number of ether oxygens (including phenoxy) is 1. The Morgan fingerprint density at radius 2 is 1.77 bits per heavy atom. The van der Waals surface area contributed by atoms with E-state index in [4.69, 9.17) is 27.9 Å². The van der Waals surface area contributed by atoms with Gasteiger partial charge < -0.3 is 10.1 Å². The van der Waals surface area contributed by atoms with E-state index >= 15 is 0 Å². The van der Waals surface area contributed by atoms with Gasteiger partial charge in [-0.1, -0.05) is 41.4 Å². The number of esters is 1. The van der Waals surface area contributed by atoms with Crippen LogP contribution in [-0.2, 0) is 9.53 Å². The number of anilines is 1. The molecule has 0 fully saturated rings. The van der Waals surface area contributed by atoms with Crippen LogP contribution in [0.2, 0.25) is 10.0 Å². The molecule has 2 rings (SSSR count). The van der Waals surface area contributed by atoms with Crippen LogP contribution in [0.25, 0.3) is 0 Å². The molecule has 0 aliphatic carbocycles. The third-order valence-corrected chi connectivity index (χ3v) is 3.22. The molecule has 2 aromatic rings. The molecule has 0 saturated carbocycles. The molecule has 0 aromatic heterocycles. The minimum Gasteiger partial charge on any atom is -0.452 e. The van der Waals surface area contributed by atoms with Crippen molar-refractivity contribution >= 4 is 40.8 Å². The van der Waals surface area contributed by atoms with Gasteiger partial charge in [-0.25, -0.2) is 9.18 Å². The lowest BCUT2D eigenvalue weighted by molar-refractivity contribution is -0.119. The molecule has 114 valence electrons. The van der Waals surface area contributed by atoms with Crippen LogP contribution in [0.4, 0.5) is 10.1 Å². The zero-order valence-corrected chi connectivity index (χ0v) is 12.6. The second-order valence-corrected chi connectivity index (χ2v) is 5.05. The summed E-state index contributed by atoms with van der Waals surface area (Å²) < 4.78 is 18.1. The fraction of sp³-hybridized carbons (Fsp3) is 0.0667. The first-order valence-electron chi connectivity index (χ1n) is 6.14. The van der Waals surface area contributed by atoms with E-state index in [0.29, 0.717) is 5.69 Å². The Balaban J connectivity index is 1.95. The first-order valence-corrected chi connectivity index (χ1v) is 6.89. The van der Waals surface area contributed by atoms with E-state index in [9.17, 15) is 14.0 Å². The molecular formula is C15H10Cl2FNO3. The number of nitrogens with one attached hydrogen (secondary N) is 1. The zero-order chi connectivity index (χ0) is 16.1. The number of carbonyl (C=O) groups excluding carboxylic acids is 2. The summed E-state index contributed by atoms with van der Waals surface area (Å²) >= 11 is 11.3. The lowest BCUT2D eigenvalue weighted by atomic mass is 10.2. The van der Waals surface area contributed by atoms with Crippen LogP contribution in [0, 0.1) is 5.82 Å². The molecule has 0 unspecified atom stereocenters. The van der Waals surface area contributed by atoms with E-state index in [1.54, 1.807) is 30.3 Å². The first-order chi connectivity index (χ1) is 10.5. The fourth-order valence-corrected chi connectivity index (χ4v) is 2.07. The van der Waals surface area contributed by atoms with Crippen LogP contribution < -0.4 is 5.32 Å². The summed E-state index contributed by atoms with van der Waals surface area (Å²) in [5.74, 6) is -2.24. The Bertz CT molecular complexity index is 707. The molecule has 22 heavy (non-hydrogen) atoms. The predicted molar refractivity (Wildman–Crippen MR) is 81.8 cm³/mol. The van der Waals surface area contributed by atoms with E-state index in [0.717, 1.165) is 12.1 Å². The highest BCUT2D eigenvalue weighted by Crippen LogP contribution is 2.24. The molecule has 4 nitrogen and oxygen atoms in total. The average molecular weight is 342 g/mol. The topological polar surface area (TPSA) is 55.4 Å². The number of benzene rings is 2. The summed E-state index contributed by atoms with van der Waals surface area (Å²) in [4.78, 5) is 23.4. The number of halogens is 3. The van der Waals surface area contributed by atoms with Crippen molar-refractivity contribution in [3.8, 4) is 0 Å². The van der Waals surface area contributed by atoms with Gasteiger partial charge in [-0.3, -0.25) is 4.79 Å². The van der Waals surface area contributed by atoms with Gasteiger partial charge in [-0.15, -0.1) is 0 Å². The van der Waals surface area contributed by atoms with E-state index in [2.05, 4.69) is 5.32 Å². The molecule has 0 radical (unpaired) electrons. The van der Waals surface area contributed by atoms with Crippen molar-refractivity contribution in [3.05, 3.63) is 63.9 Å². The van der Waals surface area contributed by atoms with Crippen molar-refractivity contribution in [2.45, 2.75) is 0 Å². The van der Waals surface area contributed by atoms with Crippen LogP contribution in [0.1, 0.15) is 10.4 Å². The minimum atomic E-state index is -0.913. The van der Waals surface area contributed by atoms with Crippen molar-refractivity contribution in [3.63, 3.8) is 0 Å². The molecule has 0 heterocycles. The third-order valence-electron chi connectivity index (χ3n) is 2.62. The maximum absolute atomic E-state index is 13.3. The standard InChI is InChI=1S/C15H10Cl2FNO3/c16-11-7-12(17)13(18)6-10(11)15(21)22-8-14(20)19-9-4-2-1-3-5-9/h1-7H,8H2,(H,19,20). The first kappa shape index (κ1) is 16.3. The van der Waals surface area contributed by atoms with E-state index in [1.807, 2.05) is 0 Å². The molecule has 0 atom stereocenters. The lowest BCUT2D eigenvalue weighted by Gasteiger charge is -2.08. The van der Waals surface area contributed by atoms with Crippen LogP contribution in [-0.4, -0.2) is 18.5 Å². The van der Waals surface area contributed by atoms with Crippen LogP contribution in [0.3, 0.4) is 0 Å². The summed E-state index contributed by atoms with van der Waals surface area (Å²) in [5, 5.41) is 2.28. The van der Waals surface area contributed by atoms with E-state index in [-0.39, 0.29) is 15.6 Å². The SMILES string of the molecule is O=C(COC(=O)c1cc(F)c(Cl)cc1Cl)Nc1ccccc1. The summed E-state index contributed by atoms with van der Waals surface area (Å²) in [6, 6.07) is 10.6. The Morgan fingerprint density at radius 1 is 1.09 bits per heavy atom. The van der Waals surface area contributed by atoms with E-state index in [1.165, 1.54) is 0 Å². The largest absolute Gasteiger partial charge is 0.452 e. The molecule has 0 aliphatic rings.